The molecule has 2 fully saturated rings. The summed E-state index contributed by atoms with van der Waals surface area (Å²) < 4.78 is 11.7. The highest BCUT2D eigenvalue weighted by atomic mass is 32.1. The Bertz CT molecular complexity index is 1080. The number of thiophene rings is 1. The van der Waals surface area contributed by atoms with Crippen molar-refractivity contribution in [3.8, 4) is 11.8 Å². The number of carboxylic acid groups (broad SMARTS) is 1. The second-order valence-corrected chi connectivity index (χ2v) is 12.6. The minimum absolute atomic E-state index is 0.111. The Kier molecular flexibility index (Phi) is 8.80. The van der Waals surface area contributed by atoms with E-state index in [9.17, 15) is 19.8 Å². The minimum Gasteiger partial charge on any atom is -0.477 e. The van der Waals surface area contributed by atoms with Gasteiger partial charge in [0.1, 0.15) is 4.88 Å². The molecule has 1 saturated carbocycles. The van der Waals surface area contributed by atoms with Crippen LogP contribution in [0.4, 0.5) is 5.69 Å². The van der Waals surface area contributed by atoms with Crippen molar-refractivity contribution in [1.29, 1.82) is 0 Å². The molecule has 2 heterocycles. The lowest BCUT2D eigenvalue weighted by Crippen LogP contribution is -2.49. The van der Waals surface area contributed by atoms with Gasteiger partial charge in [-0.15, -0.1) is 11.3 Å². The molecule has 1 unspecified atom stereocenters. The summed E-state index contributed by atoms with van der Waals surface area (Å²) in [7, 11) is 0. The first kappa shape index (κ1) is 27.8. The maximum atomic E-state index is 14.0. The largest absolute Gasteiger partial charge is 0.477 e. The smallest absolute Gasteiger partial charge is 0.348 e. The van der Waals surface area contributed by atoms with Crippen LogP contribution in [-0.2, 0) is 14.3 Å². The number of hydrogen-bond donors (Lipinski definition) is 2. The maximum Gasteiger partial charge on any atom is 0.348 e. The molecule has 0 aromatic carbocycles. The van der Waals surface area contributed by atoms with Crippen LogP contribution in [0.1, 0.15) is 87.2 Å². The zero-order valence-electron chi connectivity index (χ0n) is 22.3. The number of rotatable bonds is 6. The molecule has 0 bridgehead atoms. The first-order chi connectivity index (χ1) is 17.5. The maximum absolute atomic E-state index is 14.0. The van der Waals surface area contributed by atoms with Gasteiger partial charge < -0.3 is 24.6 Å². The van der Waals surface area contributed by atoms with Gasteiger partial charge in [0, 0.05) is 18.1 Å². The van der Waals surface area contributed by atoms with E-state index in [4.69, 9.17) is 9.47 Å². The Hall–Kier alpha value is -2.18. The van der Waals surface area contributed by atoms with Gasteiger partial charge in [-0.25, -0.2) is 4.79 Å². The number of ether oxygens (including phenoxy) is 2. The Morgan fingerprint density at radius 3 is 2.49 bits per heavy atom. The van der Waals surface area contributed by atoms with Gasteiger partial charge in [-0.05, 0) is 78.7 Å². The lowest BCUT2D eigenvalue weighted by Gasteiger charge is -2.40. The van der Waals surface area contributed by atoms with Gasteiger partial charge in [0.2, 0.25) is 5.91 Å². The van der Waals surface area contributed by atoms with E-state index < -0.39 is 18.0 Å². The van der Waals surface area contributed by atoms with E-state index in [-0.39, 0.29) is 34.4 Å². The Balaban J connectivity index is 1.63. The molecular weight excluding hydrogens is 490 g/mol. The normalized spacial score (nSPS) is 28.2. The van der Waals surface area contributed by atoms with E-state index in [1.165, 1.54) is 0 Å². The summed E-state index contributed by atoms with van der Waals surface area (Å²) in [6.07, 6.45) is 6.28. The Morgan fingerprint density at radius 1 is 1.16 bits per heavy atom. The lowest BCUT2D eigenvalue weighted by molar-refractivity contribution is -0.127. The summed E-state index contributed by atoms with van der Waals surface area (Å²) in [6.45, 7) is 9.32. The molecule has 4 rings (SSSR count). The molecule has 37 heavy (non-hydrogen) atoms. The van der Waals surface area contributed by atoms with Gasteiger partial charge in [0.25, 0.3) is 0 Å². The quantitative estimate of drug-likeness (QED) is 0.397. The molecule has 2 aliphatic carbocycles. The van der Waals surface area contributed by atoms with Gasteiger partial charge in [0.15, 0.2) is 0 Å². The molecule has 1 aromatic rings. The molecule has 2 N–H and O–H groups in total. The van der Waals surface area contributed by atoms with Gasteiger partial charge in [-0.1, -0.05) is 23.5 Å². The third-order valence-electron chi connectivity index (χ3n) is 7.28. The molecule has 0 radical (unpaired) electrons. The van der Waals surface area contributed by atoms with Crippen molar-refractivity contribution in [2.75, 3.05) is 18.1 Å². The van der Waals surface area contributed by atoms with Crippen LogP contribution in [0.25, 0.3) is 0 Å². The number of carbonyl (C=O) groups excluding carboxylic acids is 1. The molecule has 202 valence electrons. The Labute approximate surface area is 223 Å². The van der Waals surface area contributed by atoms with E-state index in [0.717, 1.165) is 42.8 Å². The van der Waals surface area contributed by atoms with Crippen molar-refractivity contribution < 1.29 is 29.3 Å². The van der Waals surface area contributed by atoms with Crippen LogP contribution in [0.3, 0.4) is 0 Å². The van der Waals surface area contributed by atoms with Gasteiger partial charge in [-0.2, -0.15) is 0 Å². The van der Waals surface area contributed by atoms with Crippen molar-refractivity contribution in [3.05, 3.63) is 27.5 Å². The lowest BCUT2D eigenvalue weighted by atomic mass is 9.84. The summed E-state index contributed by atoms with van der Waals surface area (Å²) in [4.78, 5) is 28.8. The fourth-order valence-electron chi connectivity index (χ4n) is 5.34. The molecule has 1 saturated heterocycles. The molecule has 0 spiro atoms. The zero-order chi connectivity index (χ0) is 26.7. The van der Waals surface area contributed by atoms with Crippen LogP contribution in [-0.4, -0.2) is 59.7 Å². The topological polar surface area (TPSA) is 96.3 Å². The fraction of sp³-hybridized carbons (Fsp3) is 0.655. The van der Waals surface area contributed by atoms with Crippen LogP contribution in [0.2, 0.25) is 0 Å². The Morgan fingerprint density at radius 2 is 1.89 bits per heavy atom. The average molecular weight is 530 g/mol. The third kappa shape index (κ3) is 7.02. The molecular formula is C29H39NO6S. The number of carboxylic acids is 1. The van der Waals surface area contributed by atoms with Crippen LogP contribution < -0.4 is 4.90 Å². The van der Waals surface area contributed by atoms with E-state index in [1.807, 2.05) is 33.8 Å². The number of nitrogens with zero attached hydrogens (tertiary/aromatic N) is 1. The summed E-state index contributed by atoms with van der Waals surface area (Å²) >= 11 is 1.11. The van der Waals surface area contributed by atoms with Crippen molar-refractivity contribution in [2.24, 2.45) is 11.3 Å². The SMILES string of the molecule is CC1=CC[C@@H](C(=O)N(c2cc(C#CC(C)(C)C)sc2C(=O)O)C2CCC(OC3CCOC3)CC2)[C@@H](O)C1. The molecule has 1 amide bonds. The average Bonchev–Trinajstić information content (AvgIpc) is 3.49. The number of hydrogen-bond acceptors (Lipinski definition) is 6. The first-order valence-corrected chi connectivity index (χ1v) is 14.1. The minimum atomic E-state index is -1.07. The number of amides is 1. The number of aliphatic hydroxyl groups is 1. The number of carbonyl (C=O) groups is 2. The zero-order valence-corrected chi connectivity index (χ0v) is 23.1. The highest BCUT2D eigenvalue weighted by Gasteiger charge is 2.40. The molecule has 3 atom stereocenters. The fourth-order valence-corrected chi connectivity index (χ4v) is 6.18. The monoisotopic (exact) mass is 529 g/mol. The van der Waals surface area contributed by atoms with Crippen molar-refractivity contribution >= 4 is 28.9 Å². The second-order valence-electron chi connectivity index (χ2n) is 11.6. The van der Waals surface area contributed by atoms with E-state index in [1.54, 1.807) is 11.0 Å². The van der Waals surface area contributed by atoms with Crippen molar-refractivity contribution in [3.63, 3.8) is 0 Å². The first-order valence-electron chi connectivity index (χ1n) is 13.3. The molecule has 3 aliphatic rings. The van der Waals surface area contributed by atoms with Gasteiger partial charge in [-0.3, -0.25) is 4.79 Å². The second kappa shape index (κ2) is 11.7. The van der Waals surface area contributed by atoms with Crippen LogP contribution in [0, 0.1) is 23.2 Å². The van der Waals surface area contributed by atoms with Crippen molar-refractivity contribution in [2.45, 2.75) is 97.0 Å². The predicted octanol–water partition coefficient (Wildman–Crippen LogP) is 5.01. The summed E-state index contributed by atoms with van der Waals surface area (Å²) in [5.74, 6) is 4.41. The van der Waals surface area contributed by atoms with E-state index >= 15 is 0 Å². The van der Waals surface area contributed by atoms with Crippen molar-refractivity contribution in [1.82, 2.24) is 0 Å². The molecule has 1 aromatic heterocycles. The standard InChI is InChI=1S/C29H39NO6S/c1-18-5-10-23(25(31)15-18)27(32)30(19-6-8-20(9-7-19)36-21-12-14-35-17-21)24-16-22(11-13-29(2,3)4)37-26(24)28(33)34/h5,16,19-21,23,25,31H,6-10,12,14-15,17H2,1-4H3,(H,33,34)/t19?,20?,21?,23-,25+/m1/s1. The predicted molar refractivity (Wildman–Crippen MR) is 144 cm³/mol. The van der Waals surface area contributed by atoms with Gasteiger partial charge in [0.05, 0.1) is 41.4 Å². The summed E-state index contributed by atoms with van der Waals surface area (Å²) in [6, 6.07) is 1.59. The van der Waals surface area contributed by atoms with Crippen LogP contribution in [0.15, 0.2) is 17.7 Å². The number of allylic oxidation sites excluding steroid dienone is 1. The highest BCUT2D eigenvalue weighted by Crippen LogP contribution is 2.38. The molecule has 7 nitrogen and oxygen atoms in total. The van der Waals surface area contributed by atoms with Crippen LogP contribution in [0.5, 0.6) is 0 Å². The number of aromatic carboxylic acids is 1. The third-order valence-corrected chi connectivity index (χ3v) is 8.31. The summed E-state index contributed by atoms with van der Waals surface area (Å²) in [5.41, 5.74) is 1.23. The number of aliphatic hydroxyl groups excluding tert-OH is 1. The van der Waals surface area contributed by atoms with E-state index in [0.29, 0.717) is 42.9 Å². The number of anilines is 1. The van der Waals surface area contributed by atoms with E-state index in [2.05, 4.69) is 11.8 Å². The van der Waals surface area contributed by atoms with Gasteiger partial charge >= 0.3 is 5.97 Å². The molecule has 8 heteroatoms. The highest BCUT2D eigenvalue weighted by molar-refractivity contribution is 7.15. The summed E-state index contributed by atoms with van der Waals surface area (Å²) in [5, 5.41) is 20.9. The molecule has 1 aliphatic heterocycles. The van der Waals surface area contributed by atoms with Crippen LogP contribution >= 0.6 is 11.3 Å².